The number of hydrogen-bond acceptors (Lipinski definition) is 4. The molecule has 1 rings (SSSR count). The number of carbonyl (C=O) groups is 1. The lowest BCUT2D eigenvalue weighted by Gasteiger charge is -2.12. The summed E-state index contributed by atoms with van der Waals surface area (Å²) in [4.78, 5) is 11.0. The fourth-order valence-corrected chi connectivity index (χ4v) is 1.38. The van der Waals surface area contributed by atoms with E-state index in [0.717, 1.165) is 5.56 Å². The molecule has 0 spiro atoms. The molecule has 0 aromatic heterocycles. The Morgan fingerprint density at radius 3 is 2.68 bits per heavy atom. The largest absolute Gasteiger partial charge is 0.467 e. The van der Waals surface area contributed by atoms with Gasteiger partial charge >= 0.3 is 5.97 Å². The van der Waals surface area contributed by atoms with Crippen LogP contribution >= 0.6 is 0 Å². The number of ether oxygens (including phenoxy) is 3. The Kier molecular flexibility index (Phi) is 7.33. The maximum absolute atomic E-state index is 11.0. The summed E-state index contributed by atoms with van der Waals surface area (Å²) < 4.78 is 15.3. The molecule has 0 bridgehead atoms. The topological polar surface area (TPSA) is 44.8 Å². The van der Waals surface area contributed by atoms with Crippen molar-refractivity contribution < 1.29 is 19.0 Å². The molecule has 0 fully saturated rings. The van der Waals surface area contributed by atoms with Gasteiger partial charge in [0.1, 0.15) is 12.7 Å². The molecule has 1 aromatic rings. The number of rotatable bonds is 7. The molecule has 4 heteroatoms. The van der Waals surface area contributed by atoms with E-state index in [-0.39, 0.29) is 6.61 Å². The molecule has 0 heterocycles. The van der Waals surface area contributed by atoms with Crippen LogP contribution in [0.2, 0.25) is 0 Å². The highest BCUT2D eigenvalue weighted by molar-refractivity contribution is 5.70. The van der Waals surface area contributed by atoms with Gasteiger partial charge in [0, 0.05) is 0 Å². The van der Waals surface area contributed by atoms with Crippen molar-refractivity contribution >= 4 is 5.97 Å². The molecule has 0 aliphatic carbocycles. The molecular weight excluding hydrogens is 244 g/mol. The first-order chi connectivity index (χ1) is 9.26. The summed E-state index contributed by atoms with van der Waals surface area (Å²) in [7, 11) is 1.32. The van der Waals surface area contributed by atoms with Crippen LogP contribution in [-0.4, -0.2) is 32.4 Å². The minimum absolute atomic E-state index is 0.120. The van der Waals surface area contributed by atoms with Crippen molar-refractivity contribution in [3.8, 4) is 11.8 Å². The standard InChI is InChI=1S/C15H18O4/c1-3-7-14(19-12-15(16)17-2)11-18-10-13-8-5-4-6-9-13/h4-6,8-9,14H,10-12H2,1-2H3. The first-order valence-corrected chi connectivity index (χ1v) is 5.98. The molecule has 0 N–H and O–H groups in total. The average Bonchev–Trinajstić information content (AvgIpc) is 2.45. The second-order valence-electron chi connectivity index (χ2n) is 3.77. The molecule has 102 valence electrons. The maximum atomic E-state index is 11.0. The Morgan fingerprint density at radius 2 is 2.05 bits per heavy atom. The van der Waals surface area contributed by atoms with Gasteiger partial charge in [-0.05, 0) is 12.5 Å². The predicted octanol–water partition coefficient (Wildman–Crippen LogP) is 1.78. The van der Waals surface area contributed by atoms with Gasteiger partial charge in [0.15, 0.2) is 0 Å². The minimum Gasteiger partial charge on any atom is -0.467 e. The van der Waals surface area contributed by atoms with Gasteiger partial charge in [0.05, 0.1) is 20.3 Å². The summed E-state index contributed by atoms with van der Waals surface area (Å²) in [6.07, 6.45) is -0.423. The average molecular weight is 262 g/mol. The van der Waals surface area contributed by atoms with E-state index in [9.17, 15) is 4.79 Å². The third-order valence-corrected chi connectivity index (χ3v) is 2.32. The van der Waals surface area contributed by atoms with Gasteiger partial charge < -0.3 is 14.2 Å². The molecule has 0 amide bonds. The molecule has 0 aliphatic heterocycles. The highest BCUT2D eigenvalue weighted by atomic mass is 16.6. The van der Waals surface area contributed by atoms with Gasteiger partial charge in [-0.25, -0.2) is 4.79 Å². The highest BCUT2D eigenvalue weighted by Crippen LogP contribution is 2.02. The van der Waals surface area contributed by atoms with E-state index in [1.54, 1.807) is 6.92 Å². The van der Waals surface area contributed by atoms with Crippen molar-refractivity contribution in [2.24, 2.45) is 0 Å². The van der Waals surface area contributed by atoms with Crippen molar-refractivity contribution in [1.82, 2.24) is 0 Å². The molecule has 19 heavy (non-hydrogen) atoms. The zero-order valence-electron chi connectivity index (χ0n) is 11.2. The summed E-state index contributed by atoms with van der Waals surface area (Å²) in [6.45, 7) is 2.40. The molecule has 4 nitrogen and oxygen atoms in total. The molecular formula is C15H18O4. The second kappa shape index (κ2) is 9.15. The number of carbonyl (C=O) groups excluding carboxylic acids is 1. The van der Waals surface area contributed by atoms with Crippen LogP contribution in [0.4, 0.5) is 0 Å². The van der Waals surface area contributed by atoms with E-state index in [0.29, 0.717) is 13.2 Å². The Balaban J connectivity index is 2.32. The van der Waals surface area contributed by atoms with Crippen LogP contribution in [0.1, 0.15) is 12.5 Å². The summed E-state index contributed by atoms with van der Waals surface area (Å²) in [5, 5.41) is 0. The lowest BCUT2D eigenvalue weighted by Crippen LogP contribution is -2.22. The summed E-state index contributed by atoms with van der Waals surface area (Å²) in [5.74, 6) is 5.17. The predicted molar refractivity (Wildman–Crippen MR) is 71.3 cm³/mol. The fourth-order valence-electron chi connectivity index (χ4n) is 1.38. The summed E-state index contributed by atoms with van der Waals surface area (Å²) in [5.41, 5.74) is 1.08. The molecule has 0 saturated heterocycles. The Morgan fingerprint density at radius 1 is 1.32 bits per heavy atom. The Labute approximate surface area is 113 Å². The lowest BCUT2D eigenvalue weighted by molar-refractivity contribution is -0.147. The number of benzene rings is 1. The third-order valence-electron chi connectivity index (χ3n) is 2.32. The minimum atomic E-state index is -0.425. The molecule has 1 aromatic carbocycles. The second-order valence-corrected chi connectivity index (χ2v) is 3.77. The molecule has 0 radical (unpaired) electrons. The maximum Gasteiger partial charge on any atom is 0.331 e. The van der Waals surface area contributed by atoms with Crippen LogP contribution in [-0.2, 0) is 25.6 Å². The SMILES string of the molecule is CC#CC(COCc1ccccc1)OCC(=O)OC. The van der Waals surface area contributed by atoms with Crippen LogP contribution in [0, 0.1) is 11.8 Å². The van der Waals surface area contributed by atoms with Crippen LogP contribution in [0.15, 0.2) is 30.3 Å². The Bertz CT molecular complexity index is 430. The first kappa shape index (κ1) is 15.2. The zero-order chi connectivity index (χ0) is 13.9. The van der Waals surface area contributed by atoms with Crippen LogP contribution in [0.5, 0.6) is 0 Å². The van der Waals surface area contributed by atoms with Crippen molar-refractivity contribution in [2.45, 2.75) is 19.6 Å². The number of methoxy groups -OCH3 is 1. The lowest BCUT2D eigenvalue weighted by atomic mass is 10.2. The number of hydrogen-bond donors (Lipinski definition) is 0. The Hall–Kier alpha value is -1.83. The van der Waals surface area contributed by atoms with Crippen molar-refractivity contribution in [2.75, 3.05) is 20.3 Å². The van der Waals surface area contributed by atoms with Gasteiger partial charge in [-0.2, -0.15) is 0 Å². The van der Waals surface area contributed by atoms with Gasteiger partial charge in [0.2, 0.25) is 0 Å². The molecule has 1 unspecified atom stereocenters. The highest BCUT2D eigenvalue weighted by Gasteiger charge is 2.09. The smallest absolute Gasteiger partial charge is 0.331 e. The zero-order valence-corrected chi connectivity index (χ0v) is 11.2. The molecule has 0 saturated carbocycles. The fraction of sp³-hybridized carbons (Fsp3) is 0.400. The van der Waals surface area contributed by atoms with E-state index in [2.05, 4.69) is 16.6 Å². The van der Waals surface area contributed by atoms with E-state index < -0.39 is 12.1 Å². The van der Waals surface area contributed by atoms with Crippen molar-refractivity contribution in [1.29, 1.82) is 0 Å². The van der Waals surface area contributed by atoms with Gasteiger partial charge in [-0.1, -0.05) is 36.3 Å². The quantitative estimate of drug-likeness (QED) is 0.555. The molecule has 0 aliphatic rings. The van der Waals surface area contributed by atoms with Crippen molar-refractivity contribution in [3.63, 3.8) is 0 Å². The van der Waals surface area contributed by atoms with Gasteiger partial charge in [0.25, 0.3) is 0 Å². The van der Waals surface area contributed by atoms with Gasteiger partial charge in [-0.3, -0.25) is 0 Å². The third kappa shape index (κ3) is 6.61. The van der Waals surface area contributed by atoms with Gasteiger partial charge in [-0.15, -0.1) is 5.92 Å². The first-order valence-electron chi connectivity index (χ1n) is 5.98. The normalized spacial score (nSPS) is 11.3. The monoisotopic (exact) mass is 262 g/mol. The summed E-state index contributed by atoms with van der Waals surface area (Å²) in [6, 6.07) is 9.82. The van der Waals surface area contributed by atoms with E-state index >= 15 is 0 Å². The van der Waals surface area contributed by atoms with Crippen LogP contribution in [0.25, 0.3) is 0 Å². The number of esters is 1. The van der Waals surface area contributed by atoms with Crippen LogP contribution < -0.4 is 0 Å². The van der Waals surface area contributed by atoms with Crippen molar-refractivity contribution in [3.05, 3.63) is 35.9 Å². The molecule has 1 atom stereocenters. The van der Waals surface area contributed by atoms with E-state index in [1.165, 1.54) is 7.11 Å². The van der Waals surface area contributed by atoms with E-state index in [4.69, 9.17) is 9.47 Å². The van der Waals surface area contributed by atoms with Crippen LogP contribution in [0.3, 0.4) is 0 Å². The van der Waals surface area contributed by atoms with E-state index in [1.807, 2.05) is 30.3 Å². The summed E-state index contributed by atoms with van der Waals surface area (Å²) >= 11 is 0.